The Morgan fingerprint density at radius 3 is 2.67 bits per heavy atom. The summed E-state index contributed by atoms with van der Waals surface area (Å²) in [6, 6.07) is 9.18. The largest absolute Gasteiger partial charge is 0.496 e. The molecule has 0 aliphatic carbocycles. The highest BCUT2D eigenvalue weighted by molar-refractivity contribution is 6.30. The number of nitro groups is 1. The molecular weight excluding hydrogens is 336 g/mol. The zero-order valence-corrected chi connectivity index (χ0v) is 13.8. The van der Waals surface area contributed by atoms with E-state index in [1.54, 1.807) is 25.1 Å². The third kappa shape index (κ3) is 4.36. The number of rotatable bonds is 6. The summed E-state index contributed by atoms with van der Waals surface area (Å²) in [5.41, 5.74) is 0.596. The molecule has 0 aromatic heterocycles. The zero-order chi connectivity index (χ0) is 17.7. The van der Waals surface area contributed by atoms with Crippen molar-refractivity contribution < 1.29 is 19.2 Å². The number of amides is 1. The van der Waals surface area contributed by atoms with E-state index in [0.717, 1.165) is 5.56 Å². The summed E-state index contributed by atoms with van der Waals surface area (Å²) in [7, 11) is 1.40. The Kier molecular flexibility index (Phi) is 5.59. The van der Waals surface area contributed by atoms with Gasteiger partial charge in [-0.3, -0.25) is 14.9 Å². The van der Waals surface area contributed by atoms with Gasteiger partial charge in [0, 0.05) is 5.02 Å². The molecule has 0 bridgehead atoms. The van der Waals surface area contributed by atoms with E-state index in [1.807, 2.05) is 0 Å². The van der Waals surface area contributed by atoms with Crippen molar-refractivity contribution in [1.29, 1.82) is 0 Å². The molecule has 1 N–H and O–H groups in total. The lowest BCUT2D eigenvalue weighted by molar-refractivity contribution is -0.384. The monoisotopic (exact) mass is 350 g/mol. The number of hydrogen-bond donors (Lipinski definition) is 1. The van der Waals surface area contributed by atoms with E-state index in [9.17, 15) is 14.9 Å². The Morgan fingerprint density at radius 1 is 1.29 bits per heavy atom. The molecule has 0 saturated heterocycles. The van der Waals surface area contributed by atoms with Gasteiger partial charge in [0.2, 0.25) is 0 Å². The number of halogens is 1. The molecule has 126 valence electrons. The second-order valence-electron chi connectivity index (χ2n) is 4.89. The molecule has 7 nitrogen and oxygen atoms in total. The van der Waals surface area contributed by atoms with Crippen molar-refractivity contribution in [3.05, 3.63) is 57.1 Å². The first-order valence-corrected chi connectivity index (χ1v) is 7.29. The Morgan fingerprint density at radius 2 is 2.04 bits per heavy atom. The van der Waals surface area contributed by atoms with Gasteiger partial charge in [-0.2, -0.15) is 0 Å². The highest BCUT2D eigenvalue weighted by Gasteiger charge is 2.17. The fourth-order valence-electron chi connectivity index (χ4n) is 2.00. The van der Waals surface area contributed by atoms with Crippen molar-refractivity contribution in [2.75, 3.05) is 19.0 Å². The Hall–Kier alpha value is -2.80. The van der Waals surface area contributed by atoms with E-state index in [-0.39, 0.29) is 18.0 Å². The average molecular weight is 351 g/mol. The molecule has 0 atom stereocenters. The standard InChI is InChI=1S/C16H15ClN2O5/c1-10-7-11(17)3-6-15(10)24-9-16(20)18-13-5-4-12(23-2)8-14(13)19(21)22/h3-8H,9H2,1-2H3,(H,18,20). The molecule has 2 aromatic carbocycles. The van der Waals surface area contributed by atoms with E-state index in [4.69, 9.17) is 21.1 Å². The lowest BCUT2D eigenvalue weighted by atomic mass is 10.2. The van der Waals surface area contributed by atoms with Crippen molar-refractivity contribution in [1.82, 2.24) is 0 Å². The minimum Gasteiger partial charge on any atom is -0.496 e. The highest BCUT2D eigenvalue weighted by Crippen LogP contribution is 2.29. The minimum absolute atomic E-state index is 0.0715. The third-order valence-electron chi connectivity index (χ3n) is 3.17. The van der Waals surface area contributed by atoms with Gasteiger partial charge in [-0.1, -0.05) is 11.6 Å². The van der Waals surface area contributed by atoms with E-state index in [2.05, 4.69) is 5.32 Å². The predicted molar refractivity (Wildman–Crippen MR) is 90.0 cm³/mol. The summed E-state index contributed by atoms with van der Waals surface area (Å²) < 4.78 is 10.3. The summed E-state index contributed by atoms with van der Waals surface area (Å²) in [6.07, 6.45) is 0. The molecule has 0 heterocycles. The Labute approximate surface area is 143 Å². The normalized spacial score (nSPS) is 10.1. The summed E-state index contributed by atoms with van der Waals surface area (Å²) in [5, 5.41) is 14.1. The van der Waals surface area contributed by atoms with Crippen molar-refractivity contribution in [2.45, 2.75) is 6.92 Å². The SMILES string of the molecule is COc1ccc(NC(=O)COc2ccc(Cl)cc2C)c([N+](=O)[O-])c1. The maximum Gasteiger partial charge on any atom is 0.296 e. The van der Waals surface area contributed by atoms with Gasteiger partial charge in [0.25, 0.3) is 11.6 Å². The van der Waals surface area contributed by atoms with Gasteiger partial charge in [0.15, 0.2) is 6.61 Å². The number of methoxy groups -OCH3 is 1. The molecule has 0 unspecified atom stereocenters. The maximum atomic E-state index is 12.0. The van der Waals surface area contributed by atoms with Gasteiger partial charge in [0.1, 0.15) is 17.2 Å². The second-order valence-corrected chi connectivity index (χ2v) is 5.32. The predicted octanol–water partition coefficient (Wildman–Crippen LogP) is 3.58. The number of benzene rings is 2. The molecule has 0 fully saturated rings. The number of nitrogens with one attached hydrogen (secondary N) is 1. The van der Waals surface area contributed by atoms with Crippen LogP contribution in [0.1, 0.15) is 5.56 Å². The van der Waals surface area contributed by atoms with E-state index < -0.39 is 10.8 Å². The molecule has 2 rings (SSSR count). The fourth-order valence-corrected chi connectivity index (χ4v) is 2.23. The van der Waals surface area contributed by atoms with Gasteiger partial charge in [-0.05, 0) is 42.8 Å². The van der Waals surface area contributed by atoms with Crippen LogP contribution in [0.3, 0.4) is 0 Å². The molecular formula is C16H15ClN2O5. The van der Waals surface area contributed by atoms with Crippen molar-refractivity contribution in [3.63, 3.8) is 0 Å². The van der Waals surface area contributed by atoms with Gasteiger partial charge in [-0.15, -0.1) is 0 Å². The second kappa shape index (κ2) is 7.65. The lowest BCUT2D eigenvalue weighted by Gasteiger charge is -2.10. The Balaban J connectivity index is 2.05. The van der Waals surface area contributed by atoms with E-state index in [1.165, 1.54) is 25.3 Å². The molecule has 0 aliphatic heterocycles. The summed E-state index contributed by atoms with van der Waals surface area (Å²) in [4.78, 5) is 22.5. The van der Waals surface area contributed by atoms with Crippen molar-refractivity contribution in [2.24, 2.45) is 0 Å². The third-order valence-corrected chi connectivity index (χ3v) is 3.41. The van der Waals surface area contributed by atoms with Gasteiger partial charge in [-0.25, -0.2) is 0 Å². The molecule has 24 heavy (non-hydrogen) atoms. The number of nitrogens with zero attached hydrogens (tertiary/aromatic N) is 1. The number of aryl methyl sites for hydroxylation is 1. The molecule has 0 saturated carbocycles. The van der Waals surface area contributed by atoms with E-state index >= 15 is 0 Å². The number of anilines is 1. The summed E-state index contributed by atoms with van der Waals surface area (Å²) in [5.74, 6) is 0.323. The maximum absolute atomic E-state index is 12.0. The first-order valence-electron chi connectivity index (χ1n) is 6.92. The van der Waals surface area contributed by atoms with Crippen LogP contribution in [0.5, 0.6) is 11.5 Å². The van der Waals surface area contributed by atoms with Crippen molar-refractivity contribution >= 4 is 28.9 Å². The summed E-state index contributed by atoms with van der Waals surface area (Å²) in [6.45, 7) is 1.51. The first-order chi connectivity index (χ1) is 11.4. The quantitative estimate of drug-likeness (QED) is 0.635. The van der Waals surface area contributed by atoms with Crippen molar-refractivity contribution in [3.8, 4) is 11.5 Å². The molecule has 0 aliphatic rings. The number of hydrogen-bond acceptors (Lipinski definition) is 5. The topological polar surface area (TPSA) is 90.7 Å². The van der Waals surface area contributed by atoms with Crippen LogP contribution >= 0.6 is 11.6 Å². The highest BCUT2D eigenvalue weighted by atomic mass is 35.5. The van der Waals surface area contributed by atoms with Gasteiger partial charge < -0.3 is 14.8 Å². The molecule has 1 amide bonds. The number of ether oxygens (including phenoxy) is 2. The zero-order valence-electron chi connectivity index (χ0n) is 13.0. The molecule has 8 heteroatoms. The van der Waals surface area contributed by atoms with Gasteiger partial charge >= 0.3 is 0 Å². The van der Waals surface area contributed by atoms with Crippen LogP contribution in [-0.2, 0) is 4.79 Å². The molecule has 2 aromatic rings. The molecule has 0 spiro atoms. The first kappa shape index (κ1) is 17.6. The number of carbonyl (C=O) groups is 1. The van der Waals surface area contributed by atoms with Crippen LogP contribution < -0.4 is 14.8 Å². The number of nitro benzene ring substituents is 1. The lowest BCUT2D eigenvalue weighted by Crippen LogP contribution is -2.21. The van der Waals surface area contributed by atoms with Crippen LogP contribution in [0.2, 0.25) is 5.02 Å². The van der Waals surface area contributed by atoms with Crippen LogP contribution in [0.4, 0.5) is 11.4 Å². The fraction of sp³-hybridized carbons (Fsp3) is 0.188. The molecule has 0 radical (unpaired) electrons. The Bertz CT molecular complexity index is 779. The minimum atomic E-state index is -0.595. The van der Waals surface area contributed by atoms with Crippen LogP contribution in [-0.4, -0.2) is 24.5 Å². The van der Waals surface area contributed by atoms with Gasteiger partial charge in [0.05, 0.1) is 18.1 Å². The van der Waals surface area contributed by atoms with Crippen LogP contribution in [0, 0.1) is 17.0 Å². The average Bonchev–Trinajstić information content (AvgIpc) is 2.54. The summed E-state index contributed by atoms with van der Waals surface area (Å²) >= 11 is 5.85. The number of carbonyl (C=O) groups excluding carboxylic acids is 1. The van der Waals surface area contributed by atoms with Crippen LogP contribution in [0.25, 0.3) is 0 Å². The van der Waals surface area contributed by atoms with E-state index in [0.29, 0.717) is 16.5 Å². The smallest absolute Gasteiger partial charge is 0.296 e. The van der Waals surface area contributed by atoms with Crippen LogP contribution in [0.15, 0.2) is 36.4 Å².